The van der Waals surface area contributed by atoms with Crippen LogP contribution in [0.1, 0.15) is 0 Å². The molecule has 0 spiro atoms. The first-order chi connectivity index (χ1) is 9.75. The molecule has 0 radical (unpaired) electrons. The highest BCUT2D eigenvalue weighted by atomic mass is 16.6. The van der Waals surface area contributed by atoms with E-state index in [4.69, 9.17) is 19.8 Å². The zero-order valence-corrected chi connectivity index (χ0v) is 11.5. The summed E-state index contributed by atoms with van der Waals surface area (Å²) in [6, 6.07) is 3.33. The molecule has 0 unspecified atom stereocenters. The molecule has 0 aliphatic heterocycles. The minimum atomic E-state index is -1.82. The SMILES string of the molecule is CN(C)CCNc1cccnc1[N+](=O)[O-].O=C(O)C(=O)O. The van der Waals surface area contributed by atoms with Gasteiger partial charge in [0.25, 0.3) is 0 Å². The van der Waals surface area contributed by atoms with E-state index in [0.717, 1.165) is 6.54 Å². The van der Waals surface area contributed by atoms with E-state index in [0.29, 0.717) is 12.2 Å². The average Bonchev–Trinajstić information content (AvgIpc) is 2.39. The summed E-state index contributed by atoms with van der Waals surface area (Å²) < 4.78 is 0. The van der Waals surface area contributed by atoms with Crippen molar-refractivity contribution >= 4 is 23.4 Å². The first-order valence-corrected chi connectivity index (χ1v) is 5.70. The van der Waals surface area contributed by atoms with Gasteiger partial charge in [-0.05, 0) is 36.1 Å². The van der Waals surface area contributed by atoms with Gasteiger partial charge in [0.1, 0.15) is 11.9 Å². The van der Waals surface area contributed by atoms with Crippen molar-refractivity contribution in [3.63, 3.8) is 0 Å². The molecule has 3 N–H and O–H groups in total. The Morgan fingerprint density at radius 3 is 2.38 bits per heavy atom. The maximum Gasteiger partial charge on any atom is 0.414 e. The van der Waals surface area contributed by atoms with Gasteiger partial charge in [-0.2, -0.15) is 0 Å². The Labute approximate surface area is 120 Å². The number of aliphatic carboxylic acids is 2. The molecule has 0 atom stereocenters. The number of aromatic nitrogens is 1. The van der Waals surface area contributed by atoms with Gasteiger partial charge in [-0.3, -0.25) is 0 Å². The maximum atomic E-state index is 10.6. The van der Waals surface area contributed by atoms with Crippen molar-refractivity contribution in [2.24, 2.45) is 0 Å². The second-order valence-corrected chi connectivity index (χ2v) is 3.97. The molecule has 0 aliphatic rings. The summed E-state index contributed by atoms with van der Waals surface area (Å²) in [5.74, 6) is -3.78. The number of hydrogen-bond donors (Lipinski definition) is 3. The fourth-order valence-corrected chi connectivity index (χ4v) is 1.09. The van der Waals surface area contributed by atoms with Gasteiger partial charge in [-0.1, -0.05) is 0 Å². The largest absolute Gasteiger partial charge is 0.473 e. The number of anilines is 1. The van der Waals surface area contributed by atoms with E-state index < -0.39 is 16.9 Å². The van der Waals surface area contributed by atoms with Crippen LogP contribution in [0, 0.1) is 10.1 Å². The minimum absolute atomic E-state index is 0.128. The number of rotatable bonds is 5. The molecule has 1 aromatic rings. The standard InChI is InChI=1S/C9H14N4O2.C2H2O4/c1-12(2)7-6-10-8-4-3-5-11-9(8)13(14)15;3-1(4)2(5)6/h3-5,10H,6-7H2,1-2H3;(H,3,4)(H,5,6). The van der Waals surface area contributed by atoms with E-state index in [1.54, 1.807) is 12.1 Å². The first-order valence-electron chi connectivity index (χ1n) is 5.70. The zero-order valence-electron chi connectivity index (χ0n) is 11.5. The predicted octanol–water partition coefficient (Wildman–Crippen LogP) is 0.119. The molecular weight excluding hydrogens is 284 g/mol. The van der Waals surface area contributed by atoms with Crippen LogP contribution in [0.5, 0.6) is 0 Å². The van der Waals surface area contributed by atoms with Crippen LogP contribution in [0.2, 0.25) is 0 Å². The van der Waals surface area contributed by atoms with Crippen LogP contribution in [0.4, 0.5) is 11.5 Å². The Kier molecular flexibility index (Phi) is 8.00. The number of carboxylic acid groups (broad SMARTS) is 2. The number of carboxylic acids is 2. The molecular formula is C11H16N4O6. The van der Waals surface area contributed by atoms with Crippen LogP contribution in [0.3, 0.4) is 0 Å². The fraction of sp³-hybridized carbons (Fsp3) is 0.364. The molecule has 0 saturated carbocycles. The van der Waals surface area contributed by atoms with Crippen LogP contribution >= 0.6 is 0 Å². The van der Waals surface area contributed by atoms with Gasteiger partial charge < -0.3 is 30.5 Å². The third kappa shape index (κ3) is 8.10. The molecule has 0 amide bonds. The van der Waals surface area contributed by atoms with E-state index in [9.17, 15) is 10.1 Å². The van der Waals surface area contributed by atoms with E-state index in [-0.39, 0.29) is 5.82 Å². The highest BCUT2D eigenvalue weighted by Gasteiger charge is 2.12. The summed E-state index contributed by atoms with van der Waals surface area (Å²) in [4.78, 5) is 34.0. The van der Waals surface area contributed by atoms with Crippen LogP contribution in [0.15, 0.2) is 18.3 Å². The van der Waals surface area contributed by atoms with E-state index >= 15 is 0 Å². The fourth-order valence-electron chi connectivity index (χ4n) is 1.09. The average molecular weight is 300 g/mol. The number of hydrogen-bond acceptors (Lipinski definition) is 7. The van der Waals surface area contributed by atoms with Crippen LogP contribution in [-0.2, 0) is 9.59 Å². The van der Waals surface area contributed by atoms with Gasteiger partial charge in [-0.15, -0.1) is 0 Å². The second-order valence-electron chi connectivity index (χ2n) is 3.97. The molecule has 1 heterocycles. The number of nitro groups is 1. The lowest BCUT2D eigenvalue weighted by Gasteiger charge is -2.10. The molecule has 116 valence electrons. The summed E-state index contributed by atoms with van der Waals surface area (Å²) in [5, 5.41) is 28.4. The van der Waals surface area contributed by atoms with Crippen LogP contribution < -0.4 is 5.32 Å². The zero-order chi connectivity index (χ0) is 16.4. The molecule has 0 bridgehead atoms. The lowest BCUT2D eigenvalue weighted by Crippen LogP contribution is -2.21. The second kappa shape index (κ2) is 9.20. The number of nitrogens with one attached hydrogen (secondary N) is 1. The first kappa shape index (κ1) is 18.2. The molecule has 0 aromatic carbocycles. The highest BCUT2D eigenvalue weighted by Crippen LogP contribution is 2.19. The quantitative estimate of drug-likeness (QED) is 0.392. The van der Waals surface area contributed by atoms with Crippen molar-refractivity contribution in [2.45, 2.75) is 0 Å². The molecule has 1 aromatic heterocycles. The molecule has 0 saturated heterocycles. The molecule has 10 nitrogen and oxygen atoms in total. The third-order valence-corrected chi connectivity index (χ3v) is 2.02. The number of likely N-dealkylation sites (N-methyl/N-ethyl adjacent to an activating group) is 1. The van der Waals surface area contributed by atoms with Gasteiger partial charge in [0.15, 0.2) is 0 Å². The minimum Gasteiger partial charge on any atom is -0.473 e. The van der Waals surface area contributed by atoms with Gasteiger partial charge in [-0.25, -0.2) is 9.59 Å². The molecule has 0 fully saturated rings. The van der Waals surface area contributed by atoms with Crippen molar-refractivity contribution in [3.8, 4) is 0 Å². The van der Waals surface area contributed by atoms with Crippen molar-refractivity contribution in [3.05, 3.63) is 28.4 Å². The van der Waals surface area contributed by atoms with Gasteiger partial charge in [0, 0.05) is 13.1 Å². The molecule has 21 heavy (non-hydrogen) atoms. The van der Waals surface area contributed by atoms with Crippen molar-refractivity contribution in [1.29, 1.82) is 0 Å². The van der Waals surface area contributed by atoms with Crippen molar-refractivity contribution in [1.82, 2.24) is 9.88 Å². The topological polar surface area (TPSA) is 146 Å². The highest BCUT2D eigenvalue weighted by molar-refractivity contribution is 6.27. The van der Waals surface area contributed by atoms with E-state index in [2.05, 4.69) is 10.3 Å². The van der Waals surface area contributed by atoms with E-state index in [1.165, 1.54) is 6.20 Å². The maximum absolute atomic E-state index is 10.6. The van der Waals surface area contributed by atoms with Gasteiger partial charge in [0.2, 0.25) is 0 Å². The van der Waals surface area contributed by atoms with E-state index in [1.807, 2.05) is 19.0 Å². The number of carbonyl (C=O) groups is 2. The summed E-state index contributed by atoms with van der Waals surface area (Å²) in [7, 11) is 3.89. The van der Waals surface area contributed by atoms with Crippen molar-refractivity contribution in [2.75, 3.05) is 32.5 Å². The third-order valence-electron chi connectivity index (χ3n) is 2.02. The summed E-state index contributed by atoms with van der Waals surface area (Å²) in [5.41, 5.74) is 0.462. The van der Waals surface area contributed by atoms with Gasteiger partial charge in [0.05, 0.1) is 0 Å². The van der Waals surface area contributed by atoms with Crippen LogP contribution in [-0.4, -0.2) is 64.1 Å². The molecule has 0 aliphatic carbocycles. The number of nitrogens with zero attached hydrogens (tertiary/aromatic N) is 3. The molecule has 10 heteroatoms. The predicted molar refractivity (Wildman–Crippen MR) is 73.2 cm³/mol. The van der Waals surface area contributed by atoms with Crippen LogP contribution in [0.25, 0.3) is 0 Å². The normalized spacial score (nSPS) is 9.48. The van der Waals surface area contributed by atoms with Crippen molar-refractivity contribution < 1.29 is 24.7 Å². The number of pyridine rings is 1. The lowest BCUT2D eigenvalue weighted by molar-refractivity contribution is -0.388. The van der Waals surface area contributed by atoms with Gasteiger partial charge >= 0.3 is 17.8 Å². The lowest BCUT2D eigenvalue weighted by atomic mass is 10.4. The monoisotopic (exact) mass is 300 g/mol. The Bertz CT molecular complexity index is 493. The summed E-state index contributed by atoms with van der Waals surface area (Å²) >= 11 is 0. The smallest absolute Gasteiger partial charge is 0.414 e. The molecule has 1 rings (SSSR count). The Morgan fingerprint density at radius 1 is 1.38 bits per heavy atom. The Balaban J connectivity index is 0.000000567. The summed E-state index contributed by atoms with van der Waals surface area (Å²) in [6.07, 6.45) is 1.41. The Hall–Kier alpha value is -2.75. The Morgan fingerprint density at radius 2 is 1.95 bits per heavy atom. The summed E-state index contributed by atoms with van der Waals surface area (Å²) in [6.45, 7) is 1.46.